The zero-order valence-electron chi connectivity index (χ0n) is 37.7. The molecule has 0 aliphatic heterocycles. The van der Waals surface area contributed by atoms with Crippen LogP contribution in [0.5, 0.6) is 0 Å². The lowest BCUT2D eigenvalue weighted by Gasteiger charge is -2.35. The first-order valence-corrected chi connectivity index (χ1v) is 20.7. The van der Waals surface area contributed by atoms with E-state index in [1.54, 1.807) is 0 Å². The van der Waals surface area contributed by atoms with Crippen LogP contribution in [0.3, 0.4) is 0 Å². The molecule has 0 radical (unpaired) electrons. The number of nitrogens with zero attached hydrogens (tertiary/aromatic N) is 4. The molecule has 0 saturated carbocycles. The Labute approximate surface area is 338 Å². The van der Waals surface area contributed by atoms with Crippen molar-refractivity contribution in [3.8, 4) is 22.3 Å². The summed E-state index contributed by atoms with van der Waals surface area (Å²) in [6, 6.07) is 14.2. The highest BCUT2D eigenvalue weighted by Gasteiger charge is 2.34. The lowest BCUT2D eigenvalue weighted by molar-refractivity contribution is 0.0629. The molecule has 4 amide bonds. The number of hydrogen-bond donors (Lipinski definition) is 0. The summed E-state index contributed by atoms with van der Waals surface area (Å²) in [5, 5.41) is 0. The van der Waals surface area contributed by atoms with Gasteiger partial charge in [-0.1, -0.05) is 36.4 Å². The van der Waals surface area contributed by atoms with Gasteiger partial charge in [-0.15, -0.1) is 0 Å². The van der Waals surface area contributed by atoms with Crippen molar-refractivity contribution < 1.29 is 19.2 Å². The highest BCUT2D eigenvalue weighted by molar-refractivity contribution is 6.13. The van der Waals surface area contributed by atoms with Gasteiger partial charge in [0.1, 0.15) is 0 Å². The molecule has 0 aromatic heterocycles. The van der Waals surface area contributed by atoms with E-state index in [1.807, 2.05) is 193 Å². The molecule has 0 bridgehead atoms. The van der Waals surface area contributed by atoms with Gasteiger partial charge in [0.05, 0.1) is 11.1 Å². The number of benzene rings is 3. The first kappa shape index (κ1) is 45.9. The van der Waals surface area contributed by atoms with E-state index in [4.69, 9.17) is 0 Å². The van der Waals surface area contributed by atoms with Crippen molar-refractivity contribution in [2.45, 2.75) is 173 Å². The smallest absolute Gasteiger partial charge is 0.255 e. The number of aryl methyl sites for hydroxylation is 2. The van der Waals surface area contributed by atoms with Gasteiger partial charge in [0.25, 0.3) is 23.6 Å². The van der Waals surface area contributed by atoms with Crippen LogP contribution in [0.25, 0.3) is 22.3 Å². The van der Waals surface area contributed by atoms with Crippen LogP contribution in [0.4, 0.5) is 0 Å². The monoisotopic (exact) mass is 767 g/mol. The predicted molar refractivity (Wildman–Crippen MR) is 233 cm³/mol. The van der Waals surface area contributed by atoms with Gasteiger partial charge in [-0.05, 0) is 170 Å². The van der Waals surface area contributed by atoms with Crippen molar-refractivity contribution in [1.29, 1.82) is 0 Å². The van der Waals surface area contributed by atoms with E-state index >= 15 is 9.59 Å². The molecule has 0 unspecified atom stereocenters. The molecule has 8 nitrogen and oxygen atoms in total. The van der Waals surface area contributed by atoms with E-state index in [2.05, 4.69) is 0 Å². The second-order valence-corrected chi connectivity index (χ2v) is 17.5. The molecule has 3 aromatic rings. The van der Waals surface area contributed by atoms with Crippen molar-refractivity contribution in [2.75, 3.05) is 0 Å². The molecule has 306 valence electrons. The molecule has 0 heterocycles. The van der Waals surface area contributed by atoms with E-state index in [9.17, 15) is 9.59 Å². The van der Waals surface area contributed by atoms with Gasteiger partial charge >= 0.3 is 0 Å². The number of carbonyl (C=O) groups excluding carboxylic acids is 4. The molecule has 3 aromatic carbocycles. The van der Waals surface area contributed by atoms with Crippen molar-refractivity contribution >= 4 is 23.6 Å². The molecule has 0 fully saturated rings. The van der Waals surface area contributed by atoms with Crippen LogP contribution in [0, 0.1) is 13.8 Å². The maximum absolute atomic E-state index is 15.2. The molecule has 0 spiro atoms. The number of rotatable bonds is 14. The molecule has 0 aliphatic rings. The number of carbonyl (C=O) groups is 4. The van der Waals surface area contributed by atoms with Crippen LogP contribution in [0.15, 0.2) is 48.5 Å². The van der Waals surface area contributed by atoms with Crippen LogP contribution < -0.4 is 0 Å². The number of hydrogen-bond acceptors (Lipinski definition) is 4. The third-order valence-electron chi connectivity index (χ3n) is 10.6. The number of amides is 4. The van der Waals surface area contributed by atoms with Gasteiger partial charge < -0.3 is 19.6 Å². The summed E-state index contributed by atoms with van der Waals surface area (Å²) in [6.45, 7) is 35.8. The second kappa shape index (κ2) is 18.7. The van der Waals surface area contributed by atoms with Crippen LogP contribution in [0.2, 0.25) is 0 Å². The lowest BCUT2D eigenvalue weighted by Crippen LogP contribution is -2.43. The minimum Gasteiger partial charge on any atom is -0.334 e. The molecular weight excluding hydrogens is 697 g/mol. The quantitative estimate of drug-likeness (QED) is 0.164. The Balaban J connectivity index is 2.74. The average Bonchev–Trinajstić information content (AvgIpc) is 3.05. The van der Waals surface area contributed by atoms with E-state index in [1.165, 1.54) is 0 Å². The van der Waals surface area contributed by atoms with Gasteiger partial charge in [-0.25, -0.2) is 0 Å². The third-order valence-corrected chi connectivity index (χ3v) is 10.6. The van der Waals surface area contributed by atoms with Crippen molar-refractivity contribution in [3.63, 3.8) is 0 Å². The highest BCUT2D eigenvalue weighted by atomic mass is 16.2. The van der Waals surface area contributed by atoms with E-state index in [0.717, 1.165) is 11.1 Å². The molecule has 56 heavy (non-hydrogen) atoms. The van der Waals surface area contributed by atoms with Gasteiger partial charge in [-0.3, -0.25) is 19.2 Å². The summed E-state index contributed by atoms with van der Waals surface area (Å²) in [5.74, 6) is -0.706. The average molecular weight is 767 g/mol. The SMILES string of the molecule is Cc1cccc(-c2cc(C(=O)N(C(C)C)C(C)C)c(-c3cccc(C)c3C(=O)N(C(C)C)C(C)C)cc2C(=O)N(C(C)C)C(C)C)c1C(=O)N(C(C)C)C(C)C. The third kappa shape index (κ3) is 9.38. The summed E-state index contributed by atoms with van der Waals surface area (Å²) < 4.78 is 0. The van der Waals surface area contributed by atoms with Crippen LogP contribution in [0.1, 0.15) is 163 Å². The Hall–Kier alpha value is -4.46. The molecule has 8 heteroatoms. The van der Waals surface area contributed by atoms with Crippen LogP contribution in [-0.4, -0.2) is 91.6 Å². The van der Waals surface area contributed by atoms with Gasteiger partial charge in [-0.2, -0.15) is 0 Å². The summed E-state index contributed by atoms with van der Waals surface area (Å²) in [4.78, 5) is 67.2. The fraction of sp³-hybridized carbons (Fsp3) is 0.542. The molecule has 0 atom stereocenters. The van der Waals surface area contributed by atoms with Gasteiger partial charge in [0, 0.05) is 59.5 Å². The van der Waals surface area contributed by atoms with E-state index in [-0.39, 0.29) is 72.0 Å². The highest BCUT2D eigenvalue weighted by Crippen LogP contribution is 2.40. The maximum atomic E-state index is 15.2. The van der Waals surface area contributed by atoms with Crippen LogP contribution >= 0.6 is 0 Å². The van der Waals surface area contributed by atoms with Crippen LogP contribution in [-0.2, 0) is 0 Å². The Morgan fingerprint density at radius 1 is 0.357 bits per heavy atom. The molecule has 3 rings (SSSR count). The predicted octanol–water partition coefficient (Wildman–Crippen LogP) is 10.7. The van der Waals surface area contributed by atoms with Crippen molar-refractivity contribution in [1.82, 2.24) is 19.6 Å². The van der Waals surface area contributed by atoms with Gasteiger partial charge in [0.2, 0.25) is 0 Å². The molecule has 0 aliphatic carbocycles. The fourth-order valence-electron chi connectivity index (χ4n) is 8.55. The Kier molecular flexibility index (Phi) is 15.3. The molecular formula is C48H70N4O4. The maximum Gasteiger partial charge on any atom is 0.255 e. The standard InChI is InChI=1S/C48H70N4O4/c1-27(2)49(28(3)4)45(53)41-25-40(38-24-20-22-36(18)44(38)48(56)52(33(13)14)34(15)16)42(46(54)50(29(5)6)30(7)8)26-39(41)37-23-19-21-35(17)43(37)47(55)51(31(9)10)32(11)12/h19-34H,1-18H3. The van der Waals surface area contributed by atoms with Crippen molar-refractivity contribution in [3.05, 3.63) is 81.9 Å². The molecule has 0 N–H and O–H groups in total. The Bertz CT molecular complexity index is 1730. The first-order valence-electron chi connectivity index (χ1n) is 20.7. The van der Waals surface area contributed by atoms with Crippen molar-refractivity contribution in [2.24, 2.45) is 0 Å². The Morgan fingerprint density at radius 2 is 0.589 bits per heavy atom. The summed E-state index contributed by atoms with van der Waals surface area (Å²) in [6.07, 6.45) is 0. The lowest BCUT2D eigenvalue weighted by atomic mass is 9.84. The van der Waals surface area contributed by atoms with E-state index < -0.39 is 0 Å². The van der Waals surface area contributed by atoms with Gasteiger partial charge in [0.15, 0.2) is 0 Å². The summed E-state index contributed by atoms with van der Waals surface area (Å²) in [7, 11) is 0. The van der Waals surface area contributed by atoms with E-state index in [0.29, 0.717) is 44.5 Å². The minimum absolute atomic E-state index is 0.0767. The Morgan fingerprint density at radius 3 is 0.821 bits per heavy atom. The zero-order chi connectivity index (χ0) is 42.7. The summed E-state index contributed by atoms with van der Waals surface area (Å²) >= 11 is 0. The normalized spacial score (nSPS) is 11.9. The largest absolute Gasteiger partial charge is 0.334 e. The zero-order valence-corrected chi connectivity index (χ0v) is 37.7. The fourth-order valence-corrected chi connectivity index (χ4v) is 8.55. The second-order valence-electron chi connectivity index (χ2n) is 17.5. The summed E-state index contributed by atoms with van der Waals surface area (Å²) in [5.41, 5.74) is 5.46. The minimum atomic E-state index is -0.217. The topological polar surface area (TPSA) is 81.2 Å². The molecule has 0 saturated heterocycles. The first-order chi connectivity index (χ1) is 26.0.